The summed E-state index contributed by atoms with van der Waals surface area (Å²) in [6.45, 7) is -1.44. The Kier molecular flexibility index (Phi) is 7.43. The highest BCUT2D eigenvalue weighted by Crippen LogP contribution is 2.30. The standard InChI is InChI=1S/C20H19F3N6O4/c1-32-17-10-13(2-8-16(17)33-11-20(21,22)23)3-9-18(30)25-26-19(31)14-4-6-15(7-5-14)29-12-24-27-28-29/h2,4-8,10,12H,3,9,11H2,1H3,(H,25,30)(H,26,31). The van der Waals surface area contributed by atoms with Gasteiger partial charge in [0.15, 0.2) is 18.1 Å². The number of rotatable bonds is 8. The van der Waals surface area contributed by atoms with E-state index in [9.17, 15) is 22.8 Å². The number of amides is 2. The number of ether oxygens (including phenoxy) is 2. The molecular formula is C20H19F3N6O4. The zero-order valence-electron chi connectivity index (χ0n) is 17.3. The van der Waals surface area contributed by atoms with Crippen LogP contribution in [0.1, 0.15) is 22.3 Å². The van der Waals surface area contributed by atoms with E-state index in [1.807, 2.05) is 0 Å². The van der Waals surface area contributed by atoms with E-state index < -0.39 is 24.6 Å². The summed E-state index contributed by atoms with van der Waals surface area (Å²) in [5.41, 5.74) is 6.24. The van der Waals surface area contributed by atoms with Gasteiger partial charge in [0.05, 0.1) is 12.8 Å². The Balaban J connectivity index is 1.47. The minimum atomic E-state index is -4.47. The van der Waals surface area contributed by atoms with Crippen LogP contribution in [0.15, 0.2) is 48.8 Å². The van der Waals surface area contributed by atoms with Crippen molar-refractivity contribution in [3.63, 3.8) is 0 Å². The highest BCUT2D eigenvalue weighted by Gasteiger charge is 2.29. The van der Waals surface area contributed by atoms with Gasteiger partial charge in [0, 0.05) is 12.0 Å². The fraction of sp³-hybridized carbons (Fsp3) is 0.250. The molecule has 0 aliphatic heterocycles. The van der Waals surface area contributed by atoms with Crippen LogP contribution in [0, 0.1) is 0 Å². The van der Waals surface area contributed by atoms with Gasteiger partial charge in [0.1, 0.15) is 6.33 Å². The van der Waals surface area contributed by atoms with E-state index >= 15 is 0 Å². The van der Waals surface area contributed by atoms with Crippen LogP contribution in [0.3, 0.4) is 0 Å². The van der Waals surface area contributed by atoms with E-state index in [2.05, 4.69) is 26.4 Å². The Hall–Kier alpha value is -4.16. The second-order valence-electron chi connectivity index (χ2n) is 6.69. The fourth-order valence-corrected chi connectivity index (χ4v) is 2.71. The van der Waals surface area contributed by atoms with Crippen LogP contribution in [0.4, 0.5) is 13.2 Å². The minimum absolute atomic E-state index is 0.0183. The van der Waals surface area contributed by atoms with Crippen molar-refractivity contribution < 1.29 is 32.2 Å². The molecule has 0 saturated carbocycles. The highest BCUT2D eigenvalue weighted by molar-refractivity contribution is 5.95. The van der Waals surface area contributed by atoms with Crippen molar-refractivity contribution in [2.45, 2.75) is 19.0 Å². The smallest absolute Gasteiger partial charge is 0.422 e. The molecule has 2 N–H and O–H groups in total. The number of methoxy groups -OCH3 is 1. The van der Waals surface area contributed by atoms with E-state index in [1.165, 1.54) is 36.3 Å². The number of hydrogen-bond donors (Lipinski definition) is 2. The molecule has 0 spiro atoms. The number of hydrogen-bond acceptors (Lipinski definition) is 7. The molecule has 3 rings (SSSR count). The molecular weight excluding hydrogens is 445 g/mol. The lowest BCUT2D eigenvalue weighted by atomic mass is 10.1. The van der Waals surface area contributed by atoms with Gasteiger partial charge in [-0.25, -0.2) is 4.68 Å². The maximum absolute atomic E-state index is 12.3. The topological polar surface area (TPSA) is 120 Å². The summed E-state index contributed by atoms with van der Waals surface area (Å²) in [5, 5.41) is 10.8. The first-order valence-electron chi connectivity index (χ1n) is 9.54. The number of halogens is 3. The van der Waals surface area contributed by atoms with Gasteiger partial charge >= 0.3 is 6.18 Å². The molecule has 13 heteroatoms. The molecule has 1 aromatic heterocycles. The van der Waals surface area contributed by atoms with E-state index in [0.29, 0.717) is 16.8 Å². The number of benzene rings is 2. The van der Waals surface area contributed by atoms with Gasteiger partial charge in [-0.15, -0.1) is 5.10 Å². The number of hydrazine groups is 1. The van der Waals surface area contributed by atoms with Crippen molar-refractivity contribution in [3.8, 4) is 17.2 Å². The largest absolute Gasteiger partial charge is 0.493 e. The molecule has 0 bridgehead atoms. The molecule has 0 aliphatic rings. The summed E-state index contributed by atoms with van der Waals surface area (Å²) in [7, 11) is 1.30. The van der Waals surface area contributed by atoms with Gasteiger partial charge in [0.2, 0.25) is 5.91 Å². The molecule has 0 radical (unpaired) electrons. The maximum atomic E-state index is 12.3. The summed E-state index contributed by atoms with van der Waals surface area (Å²) < 4.78 is 48.2. The van der Waals surface area contributed by atoms with Crippen molar-refractivity contribution >= 4 is 11.8 Å². The van der Waals surface area contributed by atoms with Crippen molar-refractivity contribution in [1.82, 2.24) is 31.1 Å². The molecule has 3 aromatic rings. The Morgan fingerprint density at radius 1 is 1.06 bits per heavy atom. The molecule has 33 heavy (non-hydrogen) atoms. The van der Waals surface area contributed by atoms with Gasteiger partial charge in [-0.1, -0.05) is 6.07 Å². The van der Waals surface area contributed by atoms with Gasteiger partial charge in [-0.2, -0.15) is 13.2 Å². The number of carbonyl (C=O) groups excluding carboxylic acids is 2. The van der Waals surface area contributed by atoms with Crippen LogP contribution in [-0.2, 0) is 11.2 Å². The number of aromatic nitrogens is 4. The Morgan fingerprint density at radius 3 is 2.45 bits per heavy atom. The number of aryl methyl sites for hydroxylation is 1. The maximum Gasteiger partial charge on any atom is 0.422 e. The lowest BCUT2D eigenvalue weighted by molar-refractivity contribution is -0.153. The second kappa shape index (κ2) is 10.4. The lowest BCUT2D eigenvalue weighted by Crippen LogP contribution is -2.41. The van der Waals surface area contributed by atoms with Gasteiger partial charge in [-0.05, 0) is 58.8 Å². The van der Waals surface area contributed by atoms with E-state index in [1.54, 1.807) is 24.3 Å². The van der Waals surface area contributed by atoms with Crippen molar-refractivity contribution in [2.24, 2.45) is 0 Å². The first kappa shape index (κ1) is 23.5. The molecule has 0 atom stereocenters. The SMILES string of the molecule is COc1cc(CCC(=O)NNC(=O)c2ccc(-n3cnnn3)cc2)ccc1OCC(F)(F)F. The molecule has 10 nitrogen and oxygen atoms in total. The number of alkyl halides is 3. The zero-order chi connectivity index (χ0) is 23.8. The minimum Gasteiger partial charge on any atom is -0.493 e. The molecule has 1 heterocycles. The summed E-state index contributed by atoms with van der Waals surface area (Å²) in [4.78, 5) is 24.3. The average Bonchev–Trinajstić information content (AvgIpc) is 3.34. The number of nitrogens with zero attached hydrogens (tertiary/aromatic N) is 4. The number of tetrazole rings is 1. The molecule has 0 aliphatic carbocycles. The van der Waals surface area contributed by atoms with Crippen LogP contribution in [0.5, 0.6) is 11.5 Å². The highest BCUT2D eigenvalue weighted by atomic mass is 19.4. The second-order valence-corrected chi connectivity index (χ2v) is 6.69. The van der Waals surface area contributed by atoms with Crippen LogP contribution < -0.4 is 20.3 Å². The average molecular weight is 464 g/mol. The van der Waals surface area contributed by atoms with Crippen LogP contribution in [0.2, 0.25) is 0 Å². The first-order valence-corrected chi connectivity index (χ1v) is 9.54. The Labute approximate surface area is 185 Å². The van der Waals surface area contributed by atoms with Crippen molar-refractivity contribution in [1.29, 1.82) is 0 Å². The van der Waals surface area contributed by atoms with E-state index in [0.717, 1.165) is 0 Å². The molecule has 0 unspecified atom stereocenters. The molecule has 2 aromatic carbocycles. The first-order chi connectivity index (χ1) is 15.7. The molecule has 0 fully saturated rings. The third-order valence-corrected chi connectivity index (χ3v) is 4.32. The predicted molar refractivity (Wildman–Crippen MR) is 108 cm³/mol. The normalized spacial score (nSPS) is 11.0. The fourth-order valence-electron chi connectivity index (χ4n) is 2.71. The monoisotopic (exact) mass is 464 g/mol. The van der Waals surface area contributed by atoms with Gasteiger partial charge in [0.25, 0.3) is 5.91 Å². The Bertz CT molecular complexity index is 1090. The van der Waals surface area contributed by atoms with Crippen molar-refractivity contribution in [2.75, 3.05) is 13.7 Å². The third-order valence-electron chi connectivity index (χ3n) is 4.32. The van der Waals surface area contributed by atoms with Crippen LogP contribution in [-0.4, -0.2) is 51.9 Å². The van der Waals surface area contributed by atoms with Gasteiger partial charge in [-0.3, -0.25) is 20.4 Å². The number of nitrogens with one attached hydrogen (secondary N) is 2. The molecule has 2 amide bonds. The van der Waals surface area contributed by atoms with Crippen LogP contribution >= 0.6 is 0 Å². The lowest BCUT2D eigenvalue weighted by Gasteiger charge is -2.13. The Morgan fingerprint density at radius 2 is 1.82 bits per heavy atom. The van der Waals surface area contributed by atoms with Crippen LogP contribution in [0.25, 0.3) is 5.69 Å². The summed E-state index contributed by atoms with van der Waals surface area (Å²) >= 11 is 0. The van der Waals surface area contributed by atoms with Gasteiger partial charge < -0.3 is 9.47 Å². The summed E-state index contributed by atoms with van der Waals surface area (Å²) in [6, 6.07) is 10.8. The predicted octanol–water partition coefficient (Wildman–Crippen LogP) is 2.01. The van der Waals surface area contributed by atoms with E-state index in [-0.39, 0.29) is 24.3 Å². The molecule has 0 saturated heterocycles. The molecule has 174 valence electrons. The van der Waals surface area contributed by atoms with E-state index in [4.69, 9.17) is 9.47 Å². The third kappa shape index (κ3) is 6.92. The summed E-state index contributed by atoms with van der Waals surface area (Å²) in [5.74, 6) is -0.901. The van der Waals surface area contributed by atoms with Crippen molar-refractivity contribution in [3.05, 3.63) is 59.9 Å². The zero-order valence-corrected chi connectivity index (χ0v) is 17.3. The number of carbonyl (C=O) groups is 2. The quantitative estimate of drug-likeness (QED) is 0.490. The summed E-state index contributed by atoms with van der Waals surface area (Å²) in [6.07, 6.45) is -2.78.